The van der Waals surface area contributed by atoms with Crippen molar-refractivity contribution in [3.8, 4) is 0 Å². The van der Waals surface area contributed by atoms with Gasteiger partial charge in [0.25, 0.3) is 0 Å². The summed E-state index contributed by atoms with van der Waals surface area (Å²) < 4.78 is 5.52. The van der Waals surface area contributed by atoms with Gasteiger partial charge in [0.1, 0.15) is 0 Å². The van der Waals surface area contributed by atoms with Crippen LogP contribution in [0.3, 0.4) is 0 Å². The third-order valence-electron chi connectivity index (χ3n) is 4.85. The van der Waals surface area contributed by atoms with Crippen molar-refractivity contribution in [2.24, 2.45) is 5.92 Å². The van der Waals surface area contributed by atoms with E-state index in [1.165, 1.54) is 25.8 Å². The van der Waals surface area contributed by atoms with Crippen molar-refractivity contribution < 1.29 is 9.84 Å². The van der Waals surface area contributed by atoms with Crippen LogP contribution >= 0.6 is 0 Å². The van der Waals surface area contributed by atoms with Crippen LogP contribution in [0, 0.1) is 5.92 Å². The van der Waals surface area contributed by atoms with Crippen molar-refractivity contribution in [1.82, 2.24) is 9.80 Å². The molecule has 2 saturated heterocycles. The summed E-state index contributed by atoms with van der Waals surface area (Å²) in [7, 11) is 2.27. The van der Waals surface area contributed by atoms with Crippen molar-refractivity contribution in [3.05, 3.63) is 0 Å². The van der Waals surface area contributed by atoms with Crippen molar-refractivity contribution in [3.63, 3.8) is 0 Å². The number of likely N-dealkylation sites (tertiary alicyclic amines) is 2. The third-order valence-corrected chi connectivity index (χ3v) is 4.85. The fourth-order valence-corrected chi connectivity index (χ4v) is 3.71. The Balaban J connectivity index is 1.67. The lowest BCUT2D eigenvalue weighted by atomic mass is 9.84. The van der Waals surface area contributed by atoms with Crippen molar-refractivity contribution in [1.29, 1.82) is 0 Å². The maximum Gasteiger partial charge on any atom is 0.0900 e. The summed E-state index contributed by atoms with van der Waals surface area (Å²) in [4.78, 5) is 4.98. The van der Waals surface area contributed by atoms with E-state index in [9.17, 15) is 5.11 Å². The van der Waals surface area contributed by atoms with Gasteiger partial charge in [-0.2, -0.15) is 0 Å². The van der Waals surface area contributed by atoms with Gasteiger partial charge in [0.15, 0.2) is 0 Å². The number of unbranched alkanes of at least 4 members (excludes halogenated alkanes) is 1. The lowest BCUT2D eigenvalue weighted by Gasteiger charge is -2.46. The van der Waals surface area contributed by atoms with Gasteiger partial charge in [-0.3, -0.25) is 0 Å². The molecule has 0 radical (unpaired) electrons. The molecule has 1 N–H and O–H groups in total. The lowest BCUT2D eigenvalue weighted by Crippen LogP contribution is -2.53. The number of nitrogens with zero attached hydrogens (tertiary/aromatic N) is 2. The van der Waals surface area contributed by atoms with E-state index in [-0.39, 0.29) is 6.10 Å². The maximum absolute atomic E-state index is 10.1. The summed E-state index contributed by atoms with van der Waals surface area (Å²) in [6, 6.07) is 0.776. The fourth-order valence-electron chi connectivity index (χ4n) is 3.71. The van der Waals surface area contributed by atoms with Crippen molar-refractivity contribution >= 4 is 0 Å². The first-order valence-electron chi connectivity index (χ1n) is 8.39. The first-order valence-corrected chi connectivity index (χ1v) is 8.39. The minimum Gasteiger partial charge on any atom is -0.389 e. The van der Waals surface area contributed by atoms with Crippen LogP contribution in [0.1, 0.15) is 39.0 Å². The molecule has 0 aromatic rings. The van der Waals surface area contributed by atoms with E-state index in [4.69, 9.17) is 4.74 Å². The molecule has 118 valence electrons. The monoisotopic (exact) mass is 284 g/mol. The second-order valence-electron chi connectivity index (χ2n) is 6.58. The number of fused-ring (bicyclic) bond motifs is 1. The lowest BCUT2D eigenvalue weighted by molar-refractivity contribution is -0.0116. The summed E-state index contributed by atoms with van der Waals surface area (Å²) in [6.45, 7) is 7.74. The fraction of sp³-hybridized carbons (Fsp3) is 1.00. The highest BCUT2D eigenvalue weighted by molar-refractivity contribution is 4.89. The average Bonchev–Trinajstić information content (AvgIpc) is 2.44. The van der Waals surface area contributed by atoms with E-state index in [2.05, 4.69) is 23.8 Å². The van der Waals surface area contributed by atoms with Gasteiger partial charge in [-0.1, -0.05) is 13.3 Å². The number of β-amino-alcohol motifs (C(OH)–C–C–N with tert-alkyl or cyclic N) is 1. The predicted octanol–water partition coefficient (Wildman–Crippen LogP) is 1.58. The Kier molecular flexibility index (Phi) is 6.75. The molecule has 2 fully saturated rings. The van der Waals surface area contributed by atoms with Gasteiger partial charge in [-0.05, 0) is 51.7 Å². The molecule has 0 spiro atoms. The Labute approximate surface area is 124 Å². The predicted molar refractivity (Wildman–Crippen MR) is 81.9 cm³/mol. The molecule has 0 saturated carbocycles. The molecule has 20 heavy (non-hydrogen) atoms. The first kappa shape index (κ1) is 16.2. The minimum atomic E-state index is -0.329. The number of aliphatic hydroxyl groups is 1. The second-order valence-corrected chi connectivity index (χ2v) is 6.58. The highest BCUT2D eigenvalue weighted by Gasteiger charge is 2.34. The second kappa shape index (κ2) is 8.32. The van der Waals surface area contributed by atoms with Crippen LogP contribution < -0.4 is 0 Å². The minimum absolute atomic E-state index is 0.329. The van der Waals surface area contributed by atoms with E-state index in [0.717, 1.165) is 51.0 Å². The topological polar surface area (TPSA) is 35.9 Å². The molecular formula is C16H32N2O2. The van der Waals surface area contributed by atoms with E-state index in [1.807, 2.05) is 0 Å². The highest BCUT2D eigenvalue weighted by Crippen LogP contribution is 2.29. The molecular weight excluding hydrogens is 252 g/mol. The maximum atomic E-state index is 10.1. The molecule has 2 rings (SSSR count). The van der Waals surface area contributed by atoms with Gasteiger partial charge in [0.2, 0.25) is 0 Å². The molecule has 2 aliphatic rings. The molecule has 4 heteroatoms. The smallest absolute Gasteiger partial charge is 0.0900 e. The normalized spacial score (nSPS) is 30.1. The number of aliphatic hydroxyl groups excluding tert-OH is 1. The summed E-state index contributed by atoms with van der Waals surface area (Å²) in [6.07, 6.45) is 5.85. The van der Waals surface area contributed by atoms with Crippen molar-refractivity contribution in [2.75, 3.05) is 46.4 Å². The van der Waals surface area contributed by atoms with Crippen LogP contribution in [0.15, 0.2) is 0 Å². The number of hydrogen-bond donors (Lipinski definition) is 1. The molecule has 0 bridgehead atoms. The zero-order valence-corrected chi connectivity index (χ0v) is 13.3. The number of piperidine rings is 2. The van der Waals surface area contributed by atoms with E-state index in [0.29, 0.717) is 6.61 Å². The zero-order valence-electron chi connectivity index (χ0n) is 13.3. The van der Waals surface area contributed by atoms with Gasteiger partial charge in [-0.15, -0.1) is 0 Å². The van der Waals surface area contributed by atoms with Crippen LogP contribution in [0.4, 0.5) is 0 Å². The molecule has 0 amide bonds. The zero-order chi connectivity index (χ0) is 14.4. The molecule has 0 aromatic carbocycles. The van der Waals surface area contributed by atoms with Crippen LogP contribution in [-0.4, -0.2) is 73.5 Å². The molecule has 3 atom stereocenters. The average molecular weight is 284 g/mol. The summed E-state index contributed by atoms with van der Waals surface area (Å²) in [5.41, 5.74) is 0. The number of hydrogen-bond acceptors (Lipinski definition) is 4. The van der Waals surface area contributed by atoms with Crippen LogP contribution in [0.5, 0.6) is 0 Å². The number of ether oxygens (including phenoxy) is 1. The van der Waals surface area contributed by atoms with E-state index >= 15 is 0 Å². The molecule has 3 unspecified atom stereocenters. The van der Waals surface area contributed by atoms with Crippen molar-refractivity contribution in [2.45, 2.75) is 51.2 Å². The molecule has 4 nitrogen and oxygen atoms in total. The van der Waals surface area contributed by atoms with Crippen LogP contribution in [0.25, 0.3) is 0 Å². The van der Waals surface area contributed by atoms with Gasteiger partial charge < -0.3 is 19.6 Å². The molecule has 0 aromatic heterocycles. The quantitative estimate of drug-likeness (QED) is 0.720. The van der Waals surface area contributed by atoms with E-state index in [1.54, 1.807) is 0 Å². The van der Waals surface area contributed by atoms with Crippen LogP contribution in [0.2, 0.25) is 0 Å². The van der Waals surface area contributed by atoms with Gasteiger partial charge in [0, 0.05) is 25.7 Å². The first-order chi connectivity index (χ1) is 9.70. The van der Waals surface area contributed by atoms with E-state index < -0.39 is 0 Å². The van der Waals surface area contributed by atoms with Gasteiger partial charge >= 0.3 is 0 Å². The Morgan fingerprint density at radius 3 is 2.95 bits per heavy atom. The number of rotatable bonds is 7. The Bertz CT molecular complexity index is 275. The summed E-state index contributed by atoms with van der Waals surface area (Å²) in [5, 5.41) is 10.1. The molecule has 2 heterocycles. The Morgan fingerprint density at radius 2 is 2.15 bits per heavy atom. The standard InChI is InChI=1S/C16H32N2O2/c1-3-4-10-20-13-15(19)12-18-9-7-16-14(11-18)6-5-8-17(16)2/h14-16,19H,3-13H2,1-2H3. The molecule has 0 aliphatic carbocycles. The molecule has 2 aliphatic heterocycles. The Hall–Kier alpha value is -0.160. The summed E-state index contributed by atoms with van der Waals surface area (Å²) >= 11 is 0. The van der Waals surface area contributed by atoms with Gasteiger partial charge in [0.05, 0.1) is 12.7 Å². The van der Waals surface area contributed by atoms with Gasteiger partial charge in [-0.25, -0.2) is 0 Å². The third kappa shape index (κ3) is 4.69. The SMILES string of the molecule is CCCCOCC(O)CN1CCC2C(CCCN2C)C1. The highest BCUT2D eigenvalue weighted by atomic mass is 16.5. The Morgan fingerprint density at radius 1 is 1.30 bits per heavy atom. The van der Waals surface area contributed by atoms with Crippen LogP contribution in [-0.2, 0) is 4.74 Å². The summed E-state index contributed by atoms with van der Waals surface area (Å²) in [5.74, 6) is 0.802. The largest absolute Gasteiger partial charge is 0.389 e.